The van der Waals surface area contributed by atoms with Gasteiger partial charge in [-0.25, -0.2) is 36.8 Å². The average Bonchev–Trinajstić information content (AvgIpc) is 3.68. The molecule has 0 bridgehead atoms. The molecule has 0 fully saturated rings. The van der Waals surface area contributed by atoms with Crippen LogP contribution in [0, 0.1) is 0 Å². The van der Waals surface area contributed by atoms with Gasteiger partial charge in [-0.05, 0) is 41.7 Å². The Balaban J connectivity index is 0.000000162. The predicted molar refractivity (Wildman–Crippen MR) is 182 cm³/mol. The lowest BCUT2D eigenvalue weighted by Crippen LogP contribution is -2.34. The van der Waals surface area contributed by atoms with Crippen LogP contribution in [-0.4, -0.2) is 76.1 Å². The Hall–Kier alpha value is -2.77. The molecule has 0 radical (unpaired) electrons. The summed E-state index contributed by atoms with van der Waals surface area (Å²) in [5.41, 5.74) is 4.14. The van der Waals surface area contributed by atoms with Crippen molar-refractivity contribution in [2.75, 3.05) is 30.9 Å². The van der Waals surface area contributed by atoms with Crippen LogP contribution in [0.3, 0.4) is 0 Å². The van der Waals surface area contributed by atoms with Gasteiger partial charge in [-0.15, -0.1) is 22.7 Å². The standard InChI is InChI=1S/C18H16N4O3S3.C10H10ClN3O2S2/c1-28(24,25)22-5-4-12-14(8-22)27-18-16(12)17(19-9-20-18)21-11-3-2-10-6-15(23)26-13(10)7-11;1-18(15,16)14-3-2-6-7(4-14)17-10-8(6)9(11)12-5-13-10/h2-3,7,9H,4-6,8H2,1H3,(H,19,20,21);5H,2-4H2,1H3. The molecule has 0 saturated heterocycles. The van der Waals surface area contributed by atoms with E-state index in [9.17, 15) is 21.6 Å². The van der Waals surface area contributed by atoms with E-state index in [0.717, 1.165) is 57.5 Å². The third-order valence-corrected chi connectivity index (χ3v) is 14.0. The summed E-state index contributed by atoms with van der Waals surface area (Å²) in [5.74, 6) is 0.713. The highest BCUT2D eigenvalue weighted by Crippen LogP contribution is 2.40. The Bertz CT molecular complexity index is 2270. The molecule has 1 N–H and O–H groups in total. The zero-order valence-electron chi connectivity index (χ0n) is 24.5. The number of sulfonamides is 2. The molecule has 0 amide bonds. The summed E-state index contributed by atoms with van der Waals surface area (Å²) in [6.45, 7) is 1.74. The molecule has 12 nitrogen and oxygen atoms in total. The van der Waals surface area contributed by atoms with Gasteiger partial charge in [0.1, 0.15) is 33.3 Å². The SMILES string of the molecule is CS(=O)(=O)N1CCc2c(sc3ncnc(Cl)c23)C1.CS(=O)(=O)N1CCc2c(sc3ncnc(Nc4ccc5c(c4)SC(=O)C5)c23)C1. The molecular weight excluding hydrogens is 710 g/mol. The number of hydrogen-bond acceptors (Lipinski definition) is 13. The Kier molecular flexibility index (Phi) is 8.32. The second-order valence-corrected chi connectivity index (χ2v) is 18.6. The van der Waals surface area contributed by atoms with Gasteiger partial charge >= 0.3 is 0 Å². The zero-order chi connectivity index (χ0) is 32.4. The smallest absolute Gasteiger partial charge is 0.211 e. The van der Waals surface area contributed by atoms with Crippen molar-refractivity contribution in [3.63, 3.8) is 0 Å². The first kappa shape index (κ1) is 31.8. The van der Waals surface area contributed by atoms with Crippen LogP contribution in [0.15, 0.2) is 35.7 Å². The van der Waals surface area contributed by atoms with E-state index >= 15 is 0 Å². The number of halogens is 1. The van der Waals surface area contributed by atoms with E-state index in [0.29, 0.717) is 56.4 Å². The van der Waals surface area contributed by atoms with E-state index < -0.39 is 20.0 Å². The van der Waals surface area contributed by atoms with E-state index in [1.54, 1.807) is 0 Å². The summed E-state index contributed by atoms with van der Waals surface area (Å²) < 4.78 is 49.9. The predicted octanol–water partition coefficient (Wildman–Crippen LogP) is 4.59. The molecule has 0 atom stereocenters. The number of thiophene rings is 2. The lowest BCUT2D eigenvalue weighted by atomic mass is 10.1. The first-order valence-electron chi connectivity index (χ1n) is 14.0. The van der Waals surface area contributed by atoms with Crippen molar-refractivity contribution in [2.45, 2.75) is 37.2 Å². The van der Waals surface area contributed by atoms with Gasteiger partial charge in [-0.3, -0.25) is 4.79 Å². The van der Waals surface area contributed by atoms with E-state index in [2.05, 4.69) is 25.3 Å². The summed E-state index contributed by atoms with van der Waals surface area (Å²) in [6, 6.07) is 5.90. The first-order chi connectivity index (χ1) is 21.8. The second-order valence-electron chi connectivity index (χ2n) is 11.0. The summed E-state index contributed by atoms with van der Waals surface area (Å²) in [7, 11) is -6.36. The molecule has 0 aliphatic carbocycles. The molecule has 3 aliphatic heterocycles. The van der Waals surface area contributed by atoms with E-state index in [-0.39, 0.29) is 5.12 Å². The van der Waals surface area contributed by atoms with Crippen molar-refractivity contribution in [1.82, 2.24) is 28.5 Å². The summed E-state index contributed by atoms with van der Waals surface area (Å²) in [5, 5.41) is 5.82. The Labute approximate surface area is 282 Å². The summed E-state index contributed by atoms with van der Waals surface area (Å²) in [4.78, 5) is 33.3. The number of fused-ring (bicyclic) bond motifs is 7. The molecule has 7 heterocycles. The number of rotatable bonds is 4. The fourth-order valence-corrected chi connectivity index (χ4v) is 11.1. The van der Waals surface area contributed by atoms with Crippen molar-refractivity contribution in [3.05, 3.63) is 62.5 Å². The van der Waals surface area contributed by atoms with Crippen molar-refractivity contribution < 1.29 is 21.6 Å². The van der Waals surface area contributed by atoms with Crippen LogP contribution in [0.1, 0.15) is 26.4 Å². The molecule has 0 spiro atoms. The zero-order valence-corrected chi connectivity index (χ0v) is 29.3. The van der Waals surface area contributed by atoms with Gasteiger partial charge in [0, 0.05) is 52.9 Å². The van der Waals surface area contributed by atoms with Crippen molar-refractivity contribution in [3.8, 4) is 0 Å². The Morgan fingerprint density at radius 3 is 2.04 bits per heavy atom. The molecule has 1 aromatic carbocycles. The highest BCUT2D eigenvalue weighted by atomic mass is 35.5. The van der Waals surface area contributed by atoms with Crippen LogP contribution < -0.4 is 5.32 Å². The number of carbonyl (C=O) groups excluding carboxylic acids is 1. The summed E-state index contributed by atoms with van der Waals surface area (Å²) >= 11 is 10.4. The highest BCUT2D eigenvalue weighted by molar-refractivity contribution is 8.14. The molecular formula is C28H26ClN7O5S5. The monoisotopic (exact) mass is 735 g/mol. The number of benzene rings is 1. The van der Waals surface area contributed by atoms with Gasteiger partial charge in [-0.1, -0.05) is 29.4 Å². The maximum absolute atomic E-state index is 11.9. The van der Waals surface area contributed by atoms with Crippen LogP contribution in [-0.2, 0) is 57.2 Å². The van der Waals surface area contributed by atoms with E-state index in [1.807, 2.05) is 18.2 Å². The molecule has 3 aliphatic rings. The summed E-state index contributed by atoms with van der Waals surface area (Å²) in [6.07, 6.45) is 7.21. The number of anilines is 2. The minimum absolute atomic E-state index is 0.166. The van der Waals surface area contributed by atoms with Crippen LogP contribution in [0.2, 0.25) is 5.15 Å². The fraction of sp³-hybridized carbons (Fsp3) is 0.321. The van der Waals surface area contributed by atoms with Gasteiger partial charge in [0.25, 0.3) is 0 Å². The number of nitrogens with one attached hydrogen (secondary N) is 1. The lowest BCUT2D eigenvalue weighted by Gasteiger charge is -2.24. The molecule has 46 heavy (non-hydrogen) atoms. The number of carbonyl (C=O) groups is 1. The Morgan fingerprint density at radius 2 is 1.41 bits per heavy atom. The third-order valence-electron chi connectivity index (χ3n) is 7.98. The second kappa shape index (κ2) is 12.0. The number of aromatic nitrogens is 4. The quantitative estimate of drug-likeness (QED) is 0.258. The Morgan fingerprint density at radius 1 is 0.826 bits per heavy atom. The number of thioether (sulfide) groups is 1. The van der Waals surface area contributed by atoms with Crippen molar-refractivity contribution in [2.24, 2.45) is 0 Å². The first-order valence-corrected chi connectivity index (χ1v) is 20.5. The van der Waals surface area contributed by atoms with Crippen molar-refractivity contribution in [1.29, 1.82) is 0 Å². The molecule has 8 rings (SSSR count). The highest BCUT2D eigenvalue weighted by Gasteiger charge is 2.29. The van der Waals surface area contributed by atoms with Gasteiger partial charge in [0.2, 0.25) is 20.0 Å². The minimum Gasteiger partial charge on any atom is -0.340 e. The van der Waals surface area contributed by atoms with Gasteiger partial charge in [-0.2, -0.15) is 8.61 Å². The molecule has 18 heteroatoms. The van der Waals surface area contributed by atoms with Crippen LogP contribution in [0.5, 0.6) is 0 Å². The fourth-order valence-electron chi connectivity index (χ4n) is 5.76. The number of nitrogens with zero attached hydrogens (tertiary/aromatic N) is 6. The topological polar surface area (TPSA) is 155 Å². The van der Waals surface area contributed by atoms with Crippen molar-refractivity contribution >= 4 is 103 Å². The van der Waals surface area contributed by atoms with Gasteiger partial charge < -0.3 is 5.32 Å². The normalized spacial score (nSPS) is 17.0. The number of hydrogen-bond donors (Lipinski definition) is 1. The lowest BCUT2D eigenvalue weighted by molar-refractivity contribution is -0.110. The van der Waals surface area contributed by atoms with Gasteiger partial charge in [0.05, 0.1) is 23.3 Å². The third kappa shape index (κ3) is 6.14. The maximum atomic E-state index is 11.9. The minimum atomic E-state index is -3.22. The van der Waals surface area contributed by atoms with Crippen LogP contribution in [0.4, 0.5) is 11.5 Å². The molecule has 0 saturated carbocycles. The van der Waals surface area contributed by atoms with Crippen LogP contribution >= 0.6 is 46.0 Å². The molecule has 4 aromatic heterocycles. The average molecular weight is 736 g/mol. The van der Waals surface area contributed by atoms with Crippen LogP contribution in [0.25, 0.3) is 20.4 Å². The van der Waals surface area contributed by atoms with Gasteiger partial charge in [0.15, 0.2) is 5.12 Å². The molecule has 5 aromatic rings. The van der Waals surface area contributed by atoms with E-state index in [1.165, 1.54) is 68.2 Å². The van der Waals surface area contributed by atoms with E-state index in [4.69, 9.17) is 11.6 Å². The molecule has 240 valence electrons. The largest absolute Gasteiger partial charge is 0.340 e. The molecule has 0 unspecified atom stereocenters. The maximum Gasteiger partial charge on any atom is 0.211 e.